The van der Waals surface area contributed by atoms with Gasteiger partial charge < -0.3 is 0 Å². The Kier molecular flexibility index (Phi) is 3.39. The molecule has 0 atom stereocenters. The Morgan fingerprint density at radius 3 is 2.44 bits per heavy atom. The van der Waals surface area contributed by atoms with E-state index in [1.807, 2.05) is 6.07 Å². The highest BCUT2D eigenvalue weighted by Gasteiger charge is 2.26. The van der Waals surface area contributed by atoms with Gasteiger partial charge in [0.25, 0.3) is 0 Å². The first kappa shape index (κ1) is 8.57. The minimum atomic E-state index is -3.85. The molecule has 0 N–H and O–H groups in total. The molecule has 4 heteroatoms. The van der Waals surface area contributed by atoms with Crippen LogP contribution in [0.4, 0.5) is 8.22 Å². The second kappa shape index (κ2) is 3.57. The number of nitriles is 1. The summed E-state index contributed by atoms with van der Waals surface area (Å²) in [5.41, 5.74) is 0. The van der Waals surface area contributed by atoms with Gasteiger partial charge in [-0.25, -0.2) is 0 Å². The molecule has 52 valence electrons. The van der Waals surface area contributed by atoms with Gasteiger partial charge in [0, 0.05) is 6.42 Å². The van der Waals surface area contributed by atoms with Gasteiger partial charge in [-0.15, -0.1) is 0 Å². The van der Waals surface area contributed by atoms with Crippen LogP contribution in [0.5, 0.6) is 0 Å². The van der Waals surface area contributed by atoms with Crippen molar-refractivity contribution in [3.8, 4) is 6.07 Å². The van der Waals surface area contributed by atoms with E-state index in [9.17, 15) is 8.22 Å². The fourth-order valence-electron chi connectivity index (χ4n) is 0.478. The number of rotatable bonds is 3. The van der Waals surface area contributed by atoms with E-state index in [1.165, 1.54) is 0 Å². The van der Waals surface area contributed by atoms with Crippen molar-refractivity contribution >= 4 is 8.74 Å². The Morgan fingerprint density at radius 2 is 2.11 bits per heavy atom. The van der Waals surface area contributed by atoms with Gasteiger partial charge in [0.05, 0.1) is 6.07 Å². The van der Waals surface area contributed by atoms with Crippen LogP contribution in [0.3, 0.4) is 0 Å². The lowest BCUT2D eigenvalue weighted by Gasteiger charge is -2.02. The van der Waals surface area contributed by atoms with Crippen molar-refractivity contribution in [1.29, 1.82) is 5.26 Å². The van der Waals surface area contributed by atoms with Crippen LogP contribution in [0.15, 0.2) is 0 Å². The van der Waals surface area contributed by atoms with E-state index in [0.29, 0.717) is 6.42 Å². The van der Waals surface area contributed by atoms with E-state index in [1.54, 1.807) is 0 Å². The van der Waals surface area contributed by atoms with Gasteiger partial charge in [0.15, 0.2) is 0 Å². The number of hydrogen-bond acceptors (Lipinski definition) is 1. The minimum Gasteiger partial charge on any atom is -0.271 e. The molecule has 9 heavy (non-hydrogen) atoms. The highest BCUT2D eigenvalue weighted by Crippen LogP contribution is 2.15. The van der Waals surface area contributed by atoms with Crippen molar-refractivity contribution in [1.82, 2.24) is 0 Å². The van der Waals surface area contributed by atoms with Gasteiger partial charge in [-0.05, 0) is 19.0 Å². The summed E-state index contributed by atoms with van der Waals surface area (Å²) >= 11 is 0. The molecule has 0 aromatic rings. The fourth-order valence-corrected chi connectivity index (χ4v) is 1.28. The van der Waals surface area contributed by atoms with Gasteiger partial charge in [0.1, 0.15) is 0 Å². The fraction of sp³-hybridized carbons (Fsp3) is 0.800. The number of hydrogen-bond donors (Lipinski definition) is 0. The summed E-state index contributed by atoms with van der Waals surface area (Å²) in [6, 6.07) is 1.79. The lowest BCUT2D eigenvalue weighted by molar-refractivity contribution is 0.599. The third kappa shape index (κ3) is 7.57. The Morgan fingerprint density at radius 1 is 1.56 bits per heavy atom. The largest absolute Gasteiger partial charge is 0.422 e. The SMILES string of the molecule is C[Si](F)(F)CCCC#N. The van der Waals surface area contributed by atoms with E-state index < -0.39 is 8.74 Å². The zero-order valence-electron chi connectivity index (χ0n) is 5.32. The first-order valence-corrected chi connectivity index (χ1v) is 5.27. The molecule has 1 nitrogen and oxygen atoms in total. The molecule has 0 unspecified atom stereocenters. The first-order valence-electron chi connectivity index (χ1n) is 2.81. The third-order valence-corrected chi connectivity index (χ3v) is 2.14. The average Bonchev–Trinajstić information content (AvgIpc) is 1.63. The van der Waals surface area contributed by atoms with Crippen LogP contribution in [-0.2, 0) is 0 Å². The van der Waals surface area contributed by atoms with E-state index in [0.717, 1.165) is 6.55 Å². The zero-order valence-corrected chi connectivity index (χ0v) is 6.32. The summed E-state index contributed by atoms with van der Waals surface area (Å²) < 4.78 is 24.2. The Labute approximate surface area is 54.7 Å². The van der Waals surface area contributed by atoms with Crippen LogP contribution in [0.1, 0.15) is 12.8 Å². The van der Waals surface area contributed by atoms with Crippen LogP contribution in [0.2, 0.25) is 12.6 Å². The molecule has 0 saturated carbocycles. The lowest BCUT2D eigenvalue weighted by atomic mass is 10.4. The molecule has 0 rings (SSSR count). The quantitative estimate of drug-likeness (QED) is 0.343. The summed E-state index contributed by atoms with van der Waals surface area (Å²) in [5.74, 6) is 0. The molecule has 0 aromatic carbocycles. The van der Waals surface area contributed by atoms with Crippen molar-refractivity contribution in [2.45, 2.75) is 25.4 Å². The van der Waals surface area contributed by atoms with E-state index in [2.05, 4.69) is 0 Å². The Balaban J connectivity index is 3.20. The minimum absolute atomic E-state index is 0.0411. The number of unbranched alkanes of at least 4 members (excludes halogenated alkanes) is 1. The molecule has 0 bridgehead atoms. The molecule has 0 radical (unpaired) electrons. The maximum atomic E-state index is 12.1. The monoisotopic (exact) mass is 149 g/mol. The van der Waals surface area contributed by atoms with Crippen LogP contribution in [-0.4, -0.2) is 8.74 Å². The van der Waals surface area contributed by atoms with Crippen molar-refractivity contribution in [3.05, 3.63) is 0 Å². The standard InChI is InChI=1S/C5H9F2NSi/c1-9(6,7)5-3-2-4-8/h2-3,5H2,1H3. The van der Waals surface area contributed by atoms with Gasteiger partial charge >= 0.3 is 8.74 Å². The number of nitrogens with zero attached hydrogens (tertiary/aromatic N) is 1. The molecule has 0 saturated heterocycles. The smallest absolute Gasteiger partial charge is 0.271 e. The van der Waals surface area contributed by atoms with Crippen LogP contribution in [0.25, 0.3) is 0 Å². The maximum Gasteiger partial charge on any atom is 0.422 e. The topological polar surface area (TPSA) is 23.8 Å². The molecule has 0 aliphatic rings. The zero-order chi connectivity index (χ0) is 7.33. The molecule has 0 aliphatic heterocycles. The maximum absolute atomic E-state index is 12.1. The van der Waals surface area contributed by atoms with Gasteiger partial charge in [-0.2, -0.15) is 5.26 Å². The Hall–Kier alpha value is -0.433. The molecule has 0 aromatic heterocycles. The number of halogens is 2. The summed E-state index contributed by atoms with van der Waals surface area (Å²) in [7, 11) is -3.85. The van der Waals surface area contributed by atoms with Crippen molar-refractivity contribution in [3.63, 3.8) is 0 Å². The van der Waals surface area contributed by atoms with Gasteiger partial charge in [-0.1, -0.05) is 0 Å². The van der Waals surface area contributed by atoms with Crippen LogP contribution >= 0.6 is 0 Å². The normalized spacial score (nSPS) is 10.9. The van der Waals surface area contributed by atoms with Gasteiger partial charge in [0.2, 0.25) is 0 Å². The van der Waals surface area contributed by atoms with E-state index in [-0.39, 0.29) is 12.5 Å². The molecule has 0 aliphatic carbocycles. The first-order chi connectivity index (χ1) is 4.06. The van der Waals surface area contributed by atoms with Crippen molar-refractivity contribution in [2.24, 2.45) is 0 Å². The van der Waals surface area contributed by atoms with E-state index >= 15 is 0 Å². The van der Waals surface area contributed by atoms with E-state index in [4.69, 9.17) is 5.26 Å². The van der Waals surface area contributed by atoms with Gasteiger partial charge in [-0.3, -0.25) is 8.22 Å². The highest BCUT2D eigenvalue weighted by atomic mass is 28.4. The van der Waals surface area contributed by atoms with Crippen molar-refractivity contribution in [2.75, 3.05) is 0 Å². The highest BCUT2D eigenvalue weighted by molar-refractivity contribution is 6.64. The second-order valence-electron chi connectivity index (χ2n) is 2.08. The molecular weight excluding hydrogens is 140 g/mol. The Bertz CT molecular complexity index is 113. The third-order valence-electron chi connectivity index (χ3n) is 0.904. The lowest BCUT2D eigenvalue weighted by Crippen LogP contribution is -2.14. The molecule has 0 spiro atoms. The second-order valence-corrected chi connectivity index (χ2v) is 4.72. The molecule has 0 heterocycles. The van der Waals surface area contributed by atoms with Crippen molar-refractivity contribution < 1.29 is 8.22 Å². The molecule has 0 fully saturated rings. The predicted molar refractivity (Wildman–Crippen MR) is 33.5 cm³/mol. The summed E-state index contributed by atoms with van der Waals surface area (Å²) in [6.45, 7) is 1.00. The average molecular weight is 149 g/mol. The molecular formula is C5H9F2NSi. The summed E-state index contributed by atoms with van der Waals surface area (Å²) in [4.78, 5) is 0. The summed E-state index contributed by atoms with van der Waals surface area (Å²) in [6.07, 6.45) is 0.614. The van der Waals surface area contributed by atoms with Crippen LogP contribution in [0, 0.1) is 11.3 Å². The van der Waals surface area contributed by atoms with Crippen LogP contribution < -0.4 is 0 Å². The molecule has 0 amide bonds. The predicted octanol–water partition coefficient (Wildman–Crippen LogP) is 2.30. The summed E-state index contributed by atoms with van der Waals surface area (Å²) in [5, 5.41) is 7.98.